The van der Waals surface area contributed by atoms with E-state index in [-0.39, 0.29) is 0 Å². The molecule has 0 saturated heterocycles. The van der Waals surface area contributed by atoms with E-state index in [4.69, 9.17) is 19.3 Å². The van der Waals surface area contributed by atoms with Crippen LogP contribution in [0.15, 0.2) is 48.5 Å². The van der Waals surface area contributed by atoms with Crippen molar-refractivity contribution in [1.82, 2.24) is 0 Å². The molecule has 25 heavy (non-hydrogen) atoms. The van der Waals surface area contributed by atoms with Gasteiger partial charge in [-0.25, -0.2) is 4.79 Å². The van der Waals surface area contributed by atoms with Gasteiger partial charge in [0.15, 0.2) is 11.5 Å². The number of rotatable bonds is 9. The standard InChI is InChI=1S/C20H22O5/c1-3-15-4-8-17(9-5-15)24-12-13-25-18-10-6-16(7-11-20(21)22)14-19(18)23-2/h4-11,14H,3,12-13H2,1-2H3,(H,21,22). The average molecular weight is 342 g/mol. The van der Waals surface area contributed by atoms with Gasteiger partial charge < -0.3 is 19.3 Å². The minimum Gasteiger partial charge on any atom is -0.493 e. The summed E-state index contributed by atoms with van der Waals surface area (Å²) in [4.78, 5) is 10.6. The van der Waals surface area contributed by atoms with Gasteiger partial charge in [-0.3, -0.25) is 0 Å². The highest BCUT2D eigenvalue weighted by molar-refractivity contribution is 5.85. The van der Waals surface area contributed by atoms with Crippen molar-refractivity contribution < 1.29 is 24.1 Å². The molecule has 2 aromatic rings. The number of aryl methyl sites for hydroxylation is 1. The lowest BCUT2D eigenvalue weighted by Crippen LogP contribution is -2.09. The Hall–Kier alpha value is -2.95. The van der Waals surface area contributed by atoms with E-state index < -0.39 is 5.97 Å². The summed E-state index contributed by atoms with van der Waals surface area (Å²) in [5.41, 5.74) is 1.99. The largest absolute Gasteiger partial charge is 0.493 e. The number of carboxylic acid groups (broad SMARTS) is 1. The molecule has 0 bridgehead atoms. The Balaban J connectivity index is 1.87. The summed E-state index contributed by atoms with van der Waals surface area (Å²) in [6.45, 7) is 2.89. The van der Waals surface area contributed by atoms with Crippen molar-refractivity contribution in [2.45, 2.75) is 13.3 Å². The first-order valence-corrected chi connectivity index (χ1v) is 8.06. The molecule has 0 amide bonds. The Morgan fingerprint density at radius 3 is 2.40 bits per heavy atom. The number of hydrogen-bond donors (Lipinski definition) is 1. The molecule has 2 aromatic carbocycles. The molecule has 0 aliphatic carbocycles. The van der Waals surface area contributed by atoms with Crippen molar-refractivity contribution in [3.05, 3.63) is 59.7 Å². The molecule has 0 aromatic heterocycles. The second-order valence-electron chi connectivity index (χ2n) is 5.28. The van der Waals surface area contributed by atoms with Crippen molar-refractivity contribution in [3.8, 4) is 17.2 Å². The summed E-state index contributed by atoms with van der Waals surface area (Å²) >= 11 is 0. The van der Waals surface area contributed by atoms with E-state index in [2.05, 4.69) is 6.92 Å². The van der Waals surface area contributed by atoms with Crippen LogP contribution in [0.4, 0.5) is 0 Å². The molecule has 5 nitrogen and oxygen atoms in total. The molecule has 0 aliphatic heterocycles. The van der Waals surface area contributed by atoms with Crippen molar-refractivity contribution in [3.63, 3.8) is 0 Å². The zero-order valence-electron chi connectivity index (χ0n) is 14.4. The maximum atomic E-state index is 10.6. The van der Waals surface area contributed by atoms with Gasteiger partial charge in [-0.1, -0.05) is 25.1 Å². The molecule has 1 N–H and O–H groups in total. The normalized spacial score (nSPS) is 10.6. The molecule has 2 rings (SSSR count). The van der Waals surface area contributed by atoms with Gasteiger partial charge in [0.1, 0.15) is 19.0 Å². The molecular weight excluding hydrogens is 320 g/mol. The fourth-order valence-corrected chi connectivity index (χ4v) is 2.21. The predicted molar refractivity (Wildman–Crippen MR) is 96.5 cm³/mol. The van der Waals surface area contributed by atoms with Gasteiger partial charge in [-0.15, -0.1) is 0 Å². The third-order valence-electron chi connectivity index (χ3n) is 3.55. The Morgan fingerprint density at radius 2 is 1.76 bits per heavy atom. The first-order chi connectivity index (χ1) is 12.1. The van der Waals surface area contributed by atoms with Crippen LogP contribution in [0.1, 0.15) is 18.1 Å². The maximum Gasteiger partial charge on any atom is 0.328 e. The summed E-state index contributed by atoms with van der Waals surface area (Å²) in [5, 5.41) is 8.67. The first-order valence-electron chi connectivity index (χ1n) is 8.06. The quantitative estimate of drug-likeness (QED) is 0.554. The molecule has 0 aliphatic rings. The molecule has 5 heteroatoms. The van der Waals surface area contributed by atoms with Crippen molar-refractivity contribution in [1.29, 1.82) is 0 Å². The molecule has 0 fully saturated rings. The third-order valence-corrected chi connectivity index (χ3v) is 3.55. The lowest BCUT2D eigenvalue weighted by atomic mass is 10.2. The van der Waals surface area contributed by atoms with Crippen LogP contribution < -0.4 is 14.2 Å². The lowest BCUT2D eigenvalue weighted by molar-refractivity contribution is -0.131. The zero-order valence-corrected chi connectivity index (χ0v) is 14.4. The van der Waals surface area contributed by atoms with Gasteiger partial charge in [0, 0.05) is 6.08 Å². The minimum atomic E-state index is -0.997. The van der Waals surface area contributed by atoms with Gasteiger partial charge in [-0.2, -0.15) is 0 Å². The fourth-order valence-electron chi connectivity index (χ4n) is 2.21. The zero-order chi connectivity index (χ0) is 18.1. The van der Waals surface area contributed by atoms with Crippen LogP contribution in [0.5, 0.6) is 17.2 Å². The molecule has 0 spiro atoms. The highest BCUT2D eigenvalue weighted by atomic mass is 16.5. The molecule has 0 heterocycles. The number of benzene rings is 2. The molecular formula is C20H22O5. The summed E-state index contributed by atoms with van der Waals surface area (Å²) in [6, 6.07) is 13.2. The number of carboxylic acids is 1. The van der Waals surface area contributed by atoms with Crippen LogP contribution in [0.2, 0.25) is 0 Å². The molecule has 0 atom stereocenters. The van der Waals surface area contributed by atoms with Gasteiger partial charge in [0.05, 0.1) is 7.11 Å². The number of ether oxygens (including phenoxy) is 3. The van der Waals surface area contributed by atoms with E-state index in [1.165, 1.54) is 11.6 Å². The molecule has 0 unspecified atom stereocenters. The molecule has 132 valence electrons. The van der Waals surface area contributed by atoms with Crippen LogP contribution in [0.3, 0.4) is 0 Å². The third kappa shape index (κ3) is 5.88. The second kappa shape index (κ2) is 9.37. The number of carbonyl (C=O) groups is 1. The summed E-state index contributed by atoms with van der Waals surface area (Å²) < 4.78 is 16.6. The van der Waals surface area contributed by atoms with Crippen molar-refractivity contribution in [2.75, 3.05) is 20.3 Å². The first kappa shape index (κ1) is 18.4. The summed E-state index contributed by atoms with van der Waals surface area (Å²) in [7, 11) is 1.54. The van der Waals surface area contributed by atoms with E-state index in [1.807, 2.05) is 24.3 Å². The van der Waals surface area contributed by atoms with Crippen LogP contribution in [0, 0.1) is 0 Å². The van der Waals surface area contributed by atoms with E-state index in [9.17, 15) is 4.79 Å². The van der Waals surface area contributed by atoms with E-state index in [0.29, 0.717) is 24.7 Å². The van der Waals surface area contributed by atoms with E-state index in [1.54, 1.807) is 25.3 Å². The number of aliphatic carboxylic acids is 1. The maximum absolute atomic E-state index is 10.6. The second-order valence-corrected chi connectivity index (χ2v) is 5.28. The average Bonchev–Trinajstić information content (AvgIpc) is 2.64. The van der Waals surface area contributed by atoms with Crippen LogP contribution in [-0.2, 0) is 11.2 Å². The lowest BCUT2D eigenvalue weighted by Gasteiger charge is -2.12. The van der Waals surface area contributed by atoms with Gasteiger partial charge in [-0.05, 0) is 47.9 Å². The Kier molecular flexibility index (Phi) is 6.89. The van der Waals surface area contributed by atoms with Crippen LogP contribution in [0.25, 0.3) is 6.08 Å². The van der Waals surface area contributed by atoms with E-state index in [0.717, 1.165) is 23.8 Å². The highest BCUT2D eigenvalue weighted by Gasteiger charge is 2.05. The monoisotopic (exact) mass is 342 g/mol. The van der Waals surface area contributed by atoms with Crippen molar-refractivity contribution >= 4 is 12.0 Å². The van der Waals surface area contributed by atoms with Crippen LogP contribution >= 0.6 is 0 Å². The Bertz CT molecular complexity index is 719. The minimum absolute atomic E-state index is 0.371. The summed E-state index contributed by atoms with van der Waals surface area (Å²) in [6.07, 6.45) is 3.57. The number of methoxy groups -OCH3 is 1. The smallest absolute Gasteiger partial charge is 0.328 e. The topological polar surface area (TPSA) is 65.0 Å². The van der Waals surface area contributed by atoms with Crippen molar-refractivity contribution in [2.24, 2.45) is 0 Å². The van der Waals surface area contributed by atoms with Crippen LogP contribution in [-0.4, -0.2) is 31.4 Å². The SMILES string of the molecule is CCc1ccc(OCCOc2ccc(C=CC(=O)O)cc2OC)cc1. The highest BCUT2D eigenvalue weighted by Crippen LogP contribution is 2.28. The summed E-state index contributed by atoms with van der Waals surface area (Å²) in [5.74, 6) is 0.935. The Labute approximate surface area is 147 Å². The predicted octanol–water partition coefficient (Wildman–Crippen LogP) is 3.81. The molecule has 0 radical (unpaired) electrons. The fraction of sp³-hybridized carbons (Fsp3) is 0.250. The van der Waals surface area contributed by atoms with Gasteiger partial charge in [0.25, 0.3) is 0 Å². The van der Waals surface area contributed by atoms with E-state index >= 15 is 0 Å². The van der Waals surface area contributed by atoms with Gasteiger partial charge >= 0.3 is 5.97 Å². The van der Waals surface area contributed by atoms with Gasteiger partial charge in [0.2, 0.25) is 0 Å². The number of hydrogen-bond acceptors (Lipinski definition) is 4. The Morgan fingerprint density at radius 1 is 1.04 bits per heavy atom. The molecule has 0 saturated carbocycles.